The maximum atomic E-state index is 12.6. The van der Waals surface area contributed by atoms with Gasteiger partial charge in [0.1, 0.15) is 9.77 Å². The van der Waals surface area contributed by atoms with Crippen molar-refractivity contribution in [2.24, 2.45) is 5.92 Å². The Morgan fingerprint density at radius 3 is 2.81 bits per heavy atom. The molecule has 21 heavy (non-hydrogen) atoms. The van der Waals surface area contributed by atoms with Crippen LogP contribution in [0.25, 0.3) is 0 Å². The van der Waals surface area contributed by atoms with E-state index < -0.39 is 21.9 Å². The normalized spacial score (nSPS) is 20.1. The Hall–Kier alpha value is -1.45. The molecule has 1 aliphatic heterocycles. The van der Waals surface area contributed by atoms with Crippen molar-refractivity contribution in [1.82, 2.24) is 9.62 Å². The van der Waals surface area contributed by atoms with Gasteiger partial charge >= 0.3 is 5.97 Å². The van der Waals surface area contributed by atoms with Gasteiger partial charge in [-0.2, -0.15) is 4.31 Å². The van der Waals surface area contributed by atoms with Crippen LogP contribution in [0.15, 0.2) is 16.3 Å². The van der Waals surface area contributed by atoms with Gasteiger partial charge < -0.3 is 10.4 Å². The third-order valence-electron chi connectivity index (χ3n) is 3.44. The van der Waals surface area contributed by atoms with Crippen molar-refractivity contribution in [3.8, 4) is 0 Å². The molecule has 0 spiro atoms. The van der Waals surface area contributed by atoms with Gasteiger partial charge in [-0.3, -0.25) is 4.79 Å². The van der Waals surface area contributed by atoms with Gasteiger partial charge in [0.25, 0.3) is 0 Å². The van der Waals surface area contributed by atoms with Crippen LogP contribution in [0.2, 0.25) is 0 Å². The summed E-state index contributed by atoms with van der Waals surface area (Å²) in [6.07, 6.45) is 1.20. The summed E-state index contributed by atoms with van der Waals surface area (Å²) in [6, 6.07) is 1.30. The molecule has 1 unspecified atom stereocenters. The van der Waals surface area contributed by atoms with Gasteiger partial charge in [-0.1, -0.05) is 0 Å². The molecule has 0 radical (unpaired) electrons. The molecule has 1 aromatic heterocycles. The number of thiophene rings is 1. The van der Waals surface area contributed by atoms with Crippen LogP contribution >= 0.6 is 11.3 Å². The number of hydrogen-bond donors (Lipinski definition) is 2. The topological polar surface area (TPSA) is 104 Å². The minimum atomic E-state index is -3.89. The monoisotopic (exact) mass is 332 g/mol. The van der Waals surface area contributed by atoms with Crippen molar-refractivity contribution in [3.05, 3.63) is 16.3 Å². The van der Waals surface area contributed by atoms with Crippen molar-refractivity contribution >= 4 is 33.2 Å². The zero-order chi connectivity index (χ0) is 15.6. The molecule has 1 aliphatic rings. The van der Waals surface area contributed by atoms with E-state index in [2.05, 4.69) is 5.32 Å². The number of piperidine rings is 1. The van der Waals surface area contributed by atoms with Crippen LogP contribution in [0.4, 0.5) is 0 Å². The van der Waals surface area contributed by atoms with Gasteiger partial charge in [0.05, 0.1) is 5.92 Å². The molecule has 116 valence electrons. The van der Waals surface area contributed by atoms with Gasteiger partial charge in [0, 0.05) is 20.1 Å². The summed E-state index contributed by atoms with van der Waals surface area (Å²) < 4.78 is 26.3. The number of carbonyl (C=O) groups excluding carboxylic acids is 1. The lowest BCUT2D eigenvalue weighted by Crippen LogP contribution is -2.44. The third kappa shape index (κ3) is 3.09. The molecule has 1 atom stereocenters. The molecule has 0 aromatic carbocycles. The predicted molar refractivity (Wildman–Crippen MR) is 76.8 cm³/mol. The van der Waals surface area contributed by atoms with Crippen molar-refractivity contribution in [2.75, 3.05) is 20.1 Å². The van der Waals surface area contributed by atoms with E-state index in [4.69, 9.17) is 5.11 Å². The van der Waals surface area contributed by atoms with Crippen LogP contribution in [-0.4, -0.2) is 49.8 Å². The van der Waals surface area contributed by atoms with Gasteiger partial charge in [0.15, 0.2) is 0 Å². The second kappa shape index (κ2) is 6.12. The molecule has 1 aromatic rings. The second-order valence-corrected chi connectivity index (χ2v) is 7.56. The van der Waals surface area contributed by atoms with E-state index >= 15 is 0 Å². The fourth-order valence-electron chi connectivity index (χ4n) is 2.37. The predicted octanol–water partition coefficient (Wildman–Crippen LogP) is 0.593. The minimum absolute atomic E-state index is 0.0803. The van der Waals surface area contributed by atoms with Crippen molar-refractivity contribution in [1.29, 1.82) is 0 Å². The molecular formula is C12H16N2O5S2. The molecule has 1 amide bonds. The number of rotatable bonds is 4. The molecule has 2 rings (SSSR count). The largest absolute Gasteiger partial charge is 0.477 e. The van der Waals surface area contributed by atoms with Gasteiger partial charge in [0.2, 0.25) is 15.9 Å². The standard InChI is InChI=1S/C12H16N2O5S2/c1-13-11(15)8-3-2-5-14(7-8)21(18,19)9-4-6-20-10(9)12(16)17/h4,6,8H,2-3,5,7H2,1H3,(H,13,15)(H,16,17). The highest BCUT2D eigenvalue weighted by atomic mass is 32.2. The van der Waals surface area contributed by atoms with Crippen molar-refractivity contribution in [2.45, 2.75) is 17.7 Å². The molecule has 2 N–H and O–H groups in total. The summed E-state index contributed by atoms with van der Waals surface area (Å²) in [5, 5.41) is 13.0. The van der Waals surface area contributed by atoms with E-state index in [0.29, 0.717) is 19.4 Å². The first-order chi connectivity index (χ1) is 9.87. The van der Waals surface area contributed by atoms with Crippen molar-refractivity contribution < 1.29 is 23.1 Å². The number of carbonyl (C=O) groups is 2. The molecule has 2 heterocycles. The van der Waals surface area contributed by atoms with E-state index in [-0.39, 0.29) is 22.2 Å². The Labute approximate surface area is 126 Å². The summed E-state index contributed by atoms with van der Waals surface area (Å²) in [5.74, 6) is -1.85. The number of nitrogens with one attached hydrogen (secondary N) is 1. The maximum Gasteiger partial charge on any atom is 0.347 e. The van der Waals surface area contributed by atoms with E-state index in [0.717, 1.165) is 11.3 Å². The van der Waals surface area contributed by atoms with Crippen LogP contribution in [-0.2, 0) is 14.8 Å². The highest BCUT2D eigenvalue weighted by Crippen LogP contribution is 2.28. The molecule has 9 heteroatoms. The number of carboxylic acid groups (broad SMARTS) is 1. The Kier molecular flexibility index (Phi) is 4.64. The average molecular weight is 332 g/mol. The summed E-state index contributed by atoms with van der Waals surface area (Å²) in [6.45, 7) is 0.377. The number of aromatic carboxylic acids is 1. The summed E-state index contributed by atoms with van der Waals surface area (Å²) in [7, 11) is -2.38. The Balaban J connectivity index is 2.29. The SMILES string of the molecule is CNC(=O)C1CCCN(S(=O)(=O)c2ccsc2C(=O)O)C1. The van der Waals surface area contributed by atoms with E-state index in [1.54, 1.807) is 0 Å². The molecule has 7 nitrogen and oxygen atoms in total. The highest BCUT2D eigenvalue weighted by Gasteiger charge is 2.35. The zero-order valence-electron chi connectivity index (χ0n) is 11.4. The first kappa shape index (κ1) is 15.9. The van der Waals surface area contributed by atoms with Crippen molar-refractivity contribution in [3.63, 3.8) is 0 Å². The quantitative estimate of drug-likeness (QED) is 0.840. The number of nitrogens with zero attached hydrogens (tertiary/aromatic N) is 1. The molecular weight excluding hydrogens is 316 g/mol. The molecule has 0 saturated carbocycles. The lowest BCUT2D eigenvalue weighted by molar-refractivity contribution is -0.125. The highest BCUT2D eigenvalue weighted by molar-refractivity contribution is 7.89. The van der Waals surface area contributed by atoms with Crippen LogP contribution in [0.1, 0.15) is 22.5 Å². The first-order valence-electron chi connectivity index (χ1n) is 6.40. The maximum absolute atomic E-state index is 12.6. The van der Waals surface area contributed by atoms with Gasteiger partial charge in [-0.05, 0) is 24.3 Å². The second-order valence-electron chi connectivity index (χ2n) is 4.74. The fourth-order valence-corrected chi connectivity index (χ4v) is 5.13. The number of amides is 1. The third-order valence-corrected chi connectivity index (χ3v) is 6.38. The Morgan fingerprint density at radius 2 is 2.19 bits per heavy atom. The number of carboxylic acids is 1. The van der Waals surface area contributed by atoms with Crippen LogP contribution < -0.4 is 5.32 Å². The van der Waals surface area contributed by atoms with E-state index in [1.165, 1.54) is 22.8 Å². The number of sulfonamides is 1. The Morgan fingerprint density at radius 1 is 1.48 bits per heavy atom. The summed E-state index contributed by atoms with van der Waals surface area (Å²) in [5.41, 5.74) is 0. The molecule has 0 aliphatic carbocycles. The van der Waals surface area contributed by atoms with Crippen LogP contribution in [0.5, 0.6) is 0 Å². The van der Waals surface area contributed by atoms with Crippen LogP contribution in [0, 0.1) is 5.92 Å². The molecule has 0 bridgehead atoms. The van der Waals surface area contributed by atoms with E-state index in [9.17, 15) is 18.0 Å². The summed E-state index contributed by atoms with van der Waals surface area (Å²) in [4.78, 5) is 22.4. The van der Waals surface area contributed by atoms with E-state index in [1.807, 2.05) is 0 Å². The Bertz CT molecular complexity index is 652. The zero-order valence-corrected chi connectivity index (χ0v) is 13.0. The lowest BCUT2D eigenvalue weighted by atomic mass is 9.99. The molecule has 1 fully saturated rings. The number of hydrogen-bond acceptors (Lipinski definition) is 5. The lowest BCUT2D eigenvalue weighted by Gasteiger charge is -2.30. The average Bonchev–Trinajstić information content (AvgIpc) is 2.97. The minimum Gasteiger partial charge on any atom is -0.477 e. The fraction of sp³-hybridized carbons (Fsp3) is 0.500. The smallest absolute Gasteiger partial charge is 0.347 e. The van der Waals surface area contributed by atoms with Crippen LogP contribution in [0.3, 0.4) is 0 Å². The van der Waals surface area contributed by atoms with Gasteiger partial charge in [-0.15, -0.1) is 11.3 Å². The summed E-state index contributed by atoms with van der Waals surface area (Å²) >= 11 is 0.875. The van der Waals surface area contributed by atoms with Gasteiger partial charge in [-0.25, -0.2) is 13.2 Å². The molecule has 1 saturated heterocycles. The first-order valence-corrected chi connectivity index (χ1v) is 8.72.